The Hall–Kier alpha value is -2.91. The van der Waals surface area contributed by atoms with Crippen LogP contribution in [0, 0.1) is 0 Å². The van der Waals surface area contributed by atoms with Gasteiger partial charge in [0.2, 0.25) is 5.60 Å². The number of halogens is 3. The number of aromatic nitrogens is 2. The number of aliphatic hydroxyl groups is 2. The van der Waals surface area contributed by atoms with Crippen LogP contribution in [0.1, 0.15) is 35.6 Å². The van der Waals surface area contributed by atoms with E-state index >= 15 is 0 Å². The highest BCUT2D eigenvalue weighted by Crippen LogP contribution is 2.44. The molecule has 160 valence electrons. The number of fused-ring (bicyclic) bond motifs is 1. The van der Waals surface area contributed by atoms with Gasteiger partial charge in [0.1, 0.15) is 0 Å². The largest absolute Gasteiger partial charge is 0.428 e. The molecule has 1 unspecified atom stereocenters. The first kappa shape index (κ1) is 21.8. The Morgan fingerprint density at radius 3 is 2.43 bits per heavy atom. The van der Waals surface area contributed by atoms with Gasteiger partial charge < -0.3 is 20.1 Å². The number of hydrogen-bond acceptors (Lipinski definition) is 4. The van der Waals surface area contributed by atoms with Crippen molar-refractivity contribution in [1.82, 2.24) is 14.9 Å². The van der Waals surface area contributed by atoms with E-state index in [1.54, 1.807) is 13.0 Å². The molecule has 0 aliphatic heterocycles. The highest BCUT2D eigenvalue weighted by Gasteiger charge is 2.59. The Morgan fingerprint density at radius 2 is 1.87 bits per heavy atom. The zero-order chi connectivity index (χ0) is 22.1. The van der Waals surface area contributed by atoms with E-state index in [0.29, 0.717) is 0 Å². The molecule has 2 atom stereocenters. The first-order valence-corrected chi connectivity index (χ1v) is 9.41. The zero-order valence-electron chi connectivity index (χ0n) is 16.4. The normalized spacial score (nSPS) is 15.0. The van der Waals surface area contributed by atoms with E-state index in [1.165, 1.54) is 54.0 Å². The molecule has 0 saturated carbocycles. The van der Waals surface area contributed by atoms with Gasteiger partial charge in [0, 0.05) is 24.2 Å². The number of rotatable bonds is 6. The minimum atomic E-state index is -5.03. The molecule has 3 aromatic rings. The molecule has 0 spiro atoms. The molecule has 1 aromatic heterocycles. The number of imidazole rings is 1. The number of hydrogen-bond donors (Lipinski definition) is 3. The number of aryl methyl sites for hydroxylation is 1. The number of nitrogens with zero attached hydrogens (tertiary/aromatic N) is 2. The lowest BCUT2D eigenvalue weighted by molar-refractivity contribution is -0.252. The summed E-state index contributed by atoms with van der Waals surface area (Å²) in [6.07, 6.45) is -5.77. The minimum Gasteiger partial charge on any atom is -0.392 e. The highest BCUT2D eigenvalue weighted by molar-refractivity contribution is 5.97. The SMILES string of the molecule is CCn1c(C(O)(c2ccccc2)C(F)(F)F)nc2ccc(C(=O)NC[C@@H](C)O)cc21. The van der Waals surface area contributed by atoms with Crippen molar-refractivity contribution in [1.29, 1.82) is 0 Å². The predicted octanol–water partition coefficient (Wildman–Crippen LogP) is 2.97. The van der Waals surface area contributed by atoms with Gasteiger partial charge in [0.15, 0.2) is 5.82 Å². The fourth-order valence-electron chi connectivity index (χ4n) is 3.30. The summed E-state index contributed by atoms with van der Waals surface area (Å²) in [6, 6.07) is 11.1. The number of alkyl halides is 3. The van der Waals surface area contributed by atoms with E-state index in [9.17, 15) is 28.2 Å². The molecular weight excluding hydrogens is 399 g/mol. The van der Waals surface area contributed by atoms with Gasteiger partial charge in [-0.05, 0) is 32.0 Å². The smallest absolute Gasteiger partial charge is 0.392 e. The molecule has 0 saturated heterocycles. The summed E-state index contributed by atoms with van der Waals surface area (Å²) < 4.78 is 43.6. The summed E-state index contributed by atoms with van der Waals surface area (Å²) in [5.74, 6) is -1.04. The maximum Gasteiger partial charge on any atom is 0.428 e. The lowest BCUT2D eigenvalue weighted by Crippen LogP contribution is -2.45. The van der Waals surface area contributed by atoms with Crippen molar-refractivity contribution >= 4 is 16.9 Å². The monoisotopic (exact) mass is 421 g/mol. The van der Waals surface area contributed by atoms with Crippen molar-refractivity contribution in [3.8, 4) is 0 Å². The molecule has 1 amide bonds. The number of nitrogens with one attached hydrogen (secondary N) is 1. The third-order valence-corrected chi connectivity index (χ3v) is 4.81. The van der Waals surface area contributed by atoms with E-state index in [4.69, 9.17) is 0 Å². The molecule has 0 aliphatic rings. The van der Waals surface area contributed by atoms with Gasteiger partial charge in [-0.2, -0.15) is 13.2 Å². The van der Waals surface area contributed by atoms with Gasteiger partial charge in [0.25, 0.3) is 5.91 Å². The average Bonchev–Trinajstić information content (AvgIpc) is 3.09. The third kappa shape index (κ3) is 3.78. The van der Waals surface area contributed by atoms with Crippen LogP contribution in [0.2, 0.25) is 0 Å². The van der Waals surface area contributed by atoms with Crippen LogP contribution >= 0.6 is 0 Å². The molecular formula is C21H22F3N3O3. The molecule has 0 fully saturated rings. The van der Waals surface area contributed by atoms with E-state index in [-0.39, 0.29) is 35.2 Å². The van der Waals surface area contributed by atoms with Crippen molar-refractivity contribution < 1.29 is 28.2 Å². The van der Waals surface area contributed by atoms with Gasteiger partial charge >= 0.3 is 6.18 Å². The molecule has 6 nitrogen and oxygen atoms in total. The van der Waals surface area contributed by atoms with Gasteiger partial charge in [-0.25, -0.2) is 4.98 Å². The van der Waals surface area contributed by atoms with E-state index < -0.39 is 29.6 Å². The Bertz CT molecular complexity index is 1050. The molecule has 2 aromatic carbocycles. The predicted molar refractivity (Wildman–Crippen MR) is 105 cm³/mol. The summed E-state index contributed by atoms with van der Waals surface area (Å²) in [7, 11) is 0. The van der Waals surface area contributed by atoms with Gasteiger partial charge in [0.05, 0.1) is 17.1 Å². The zero-order valence-corrected chi connectivity index (χ0v) is 16.4. The summed E-state index contributed by atoms with van der Waals surface area (Å²) >= 11 is 0. The van der Waals surface area contributed by atoms with Crippen molar-refractivity contribution in [2.24, 2.45) is 0 Å². The number of aliphatic hydroxyl groups excluding tert-OH is 1. The number of benzene rings is 2. The van der Waals surface area contributed by atoms with Crippen molar-refractivity contribution in [2.45, 2.75) is 38.3 Å². The van der Waals surface area contributed by atoms with Crippen molar-refractivity contribution in [3.63, 3.8) is 0 Å². The molecule has 30 heavy (non-hydrogen) atoms. The summed E-state index contributed by atoms with van der Waals surface area (Å²) in [6.45, 7) is 3.28. The molecule has 0 radical (unpaired) electrons. The summed E-state index contributed by atoms with van der Waals surface area (Å²) in [4.78, 5) is 16.4. The third-order valence-electron chi connectivity index (χ3n) is 4.81. The van der Waals surface area contributed by atoms with Crippen LogP contribution in [0.25, 0.3) is 11.0 Å². The number of carbonyl (C=O) groups excluding carboxylic acids is 1. The number of amides is 1. The van der Waals surface area contributed by atoms with Crippen LogP contribution in [0.3, 0.4) is 0 Å². The van der Waals surface area contributed by atoms with Crippen LogP contribution in [-0.4, -0.2) is 44.5 Å². The van der Waals surface area contributed by atoms with E-state index in [2.05, 4.69) is 10.3 Å². The van der Waals surface area contributed by atoms with Crippen LogP contribution in [0.5, 0.6) is 0 Å². The molecule has 1 heterocycles. The van der Waals surface area contributed by atoms with Crippen LogP contribution in [0.15, 0.2) is 48.5 Å². The van der Waals surface area contributed by atoms with Crippen LogP contribution in [0.4, 0.5) is 13.2 Å². The maximum atomic E-state index is 14.1. The Morgan fingerprint density at radius 1 is 1.20 bits per heavy atom. The number of carbonyl (C=O) groups is 1. The van der Waals surface area contributed by atoms with E-state index in [0.717, 1.165) is 0 Å². The topological polar surface area (TPSA) is 87.4 Å². The second kappa shape index (κ2) is 8.08. The fraction of sp³-hybridized carbons (Fsp3) is 0.333. The Kier molecular flexibility index (Phi) is 5.87. The van der Waals surface area contributed by atoms with Crippen molar-refractivity contribution in [3.05, 3.63) is 65.5 Å². The van der Waals surface area contributed by atoms with E-state index in [1.807, 2.05) is 0 Å². The molecule has 0 aliphatic carbocycles. The first-order chi connectivity index (χ1) is 14.1. The molecule has 3 N–H and O–H groups in total. The molecule has 0 bridgehead atoms. The fourth-order valence-corrected chi connectivity index (χ4v) is 3.30. The van der Waals surface area contributed by atoms with Gasteiger partial charge in [-0.15, -0.1) is 0 Å². The average molecular weight is 421 g/mol. The maximum absolute atomic E-state index is 14.1. The van der Waals surface area contributed by atoms with Gasteiger partial charge in [-0.1, -0.05) is 30.3 Å². The second-order valence-corrected chi connectivity index (χ2v) is 7.02. The highest BCUT2D eigenvalue weighted by atomic mass is 19.4. The Labute approximate surface area is 171 Å². The summed E-state index contributed by atoms with van der Waals surface area (Å²) in [5.41, 5.74) is -2.96. The first-order valence-electron chi connectivity index (χ1n) is 9.41. The molecule has 3 rings (SSSR count). The van der Waals surface area contributed by atoms with Crippen LogP contribution < -0.4 is 5.32 Å². The lowest BCUT2D eigenvalue weighted by atomic mass is 9.92. The standard InChI is InChI=1S/C21H22F3N3O3/c1-3-27-17-11-14(18(29)25-12-13(2)28)9-10-16(17)26-19(27)20(30,21(22,23)24)15-7-5-4-6-8-15/h4-11,13,28,30H,3,12H2,1-2H3,(H,25,29)/t13-,20?/m1/s1. The Balaban J connectivity index is 2.17. The van der Waals surface area contributed by atoms with Crippen LogP contribution in [-0.2, 0) is 12.1 Å². The van der Waals surface area contributed by atoms with Crippen molar-refractivity contribution in [2.75, 3.05) is 6.54 Å². The van der Waals surface area contributed by atoms with Gasteiger partial charge in [-0.3, -0.25) is 4.79 Å². The lowest BCUT2D eigenvalue weighted by Gasteiger charge is -2.30. The quantitative estimate of drug-likeness (QED) is 0.571. The summed E-state index contributed by atoms with van der Waals surface area (Å²) in [5, 5.41) is 22.8. The second-order valence-electron chi connectivity index (χ2n) is 7.02. The minimum absolute atomic E-state index is 0.0387. The molecule has 9 heteroatoms.